The van der Waals surface area contributed by atoms with Crippen LogP contribution in [-0.2, 0) is 20.7 Å². The Kier molecular flexibility index (Phi) is 8.93. The predicted octanol–water partition coefficient (Wildman–Crippen LogP) is 5.16. The first-order valence-electron chi connectivity index (χ1n) is 11.7. The first-order valence-corrected chi connectivity index (χ1v) is 11.7. The van der Waals surface area contributed by atoms with Crippen LogP contribution in [0.1, 0.15) is 56.6 Å². The number of benzene rings is 2. The maximum Gasteiger partial charge on any atom is 0.330 e. The van der Waals surface area contributed by atoms with Gasteiger partial charge in [0.25, 0.3) is 0 Å². The minimum atomic E-state index is -0.438. The number of esters is 2. The van der Waals surface area contributed by atoms with Crippen molar-refractivity contribution in [3.05, 3.63) is 59.7 Å². The lowest BCUT2D eigenvalue weighted by molar-refractivity contribution is -0.140. The predicted molar refractivity (Wildman–Crippen MR) is 131 cm³/mol. The van der Waals surface area contributed by atoms with E-state index in [1.807, 2.05) is 0 Å². The van der Waals surface area contributed by atoms with Crippen LogP contribution in [0, 0.1) is 11.8 Å². The molecule has 0 heterocycles. The van der Waals surface area contributed by atoms with Crippen LogP contribution in [0.15, 0.2) is 48.5 Å². The van der Waals surface area contributed by atoms with Gasteiger partial charge < -0.3 is 20.9 Å². The number of nitrogens with two attached hydrogens (primary N) is 2. The van der Waals surface area contributed by atoms with Gasteiger partial charge in [-0.15, -0.1) is 0 Å². The van der Waals surface area contributed by atoms with Crippen molar-refractivity contribution in [3.8, 4) is 5.75 Å². The van der Waals surface area contributed by atoms with Crippen LogP contribution in [0.25, 0.3) is 6.08 Å². The molecule has 0 bridgehead atoms. The van der Waals surface area contributed by atoms with Gasteiger partial charge in [0.15, 0.2) is 0 Å². The summed E-state index contributed by atoms with van der Waals surface area (Å²) in [5.41, 5.74) is 14.6. The maximum absolute atomic E-state index is 12.5. The van der Waals surface area contributed by atoms with Gasteiger partial charge in [0.05, 0.1) is 12.5 Å². The van der Waals surface area contributed by atoms with E-state index in [9.17, 15) is 9.59 Å². The summed E-state index contributed by atoms with van der Waals surface area (Å²) in [6, 6.07) is 12.4. The first kappa shape index (κ1) is 24.4. The van der Waals surface area contributed by atoms with E-state index in [0.717, 1.165) is 42.7 Å². The van der Waals surface area contributed by atoms with Crippen molar-refractivity contribution < 1.29 is 19.1 Å². The molecule has 0 saturated heterocycles. The molecule has 0 amide bonds. The molecule has 0 spiro atoms. The van der Waals surface area contributed by atoms with E-state index in [-0.39, 0.29) is 18.5 Å². The van der Waals surface area contributed by atoms with Crippen LogP contribution in [0.4, 0.5) is 11.4 Å². The monoisotopic (exact) mass is 450 g/mol. The Morgan fingerprint density at radius 1 is 1.03 bits per heavy atom. The van der Waals surface area contributed by atoms with Gasteiger partial charge in [0, 0.05) is 23.9 Å². The Labute approximate surface area is 195 Å². The molecular weight excluding hydrogens is 416 g/mol. The van der Waals surface area contributed by atoms with Crippen molar-refractivity contribution in [1.29, 1.82) is 0 Å². The molecule has 4 N–H and O–H groups in total. The molecule has 2 aromatic rings. The lowest BCUT2D eigenvalue weighted by Crippen LogP contribution is -2.25. The van der Waals surface area contributed by atoms with Crippen LogP contribution in [0.5, 0.6) is 5.75 Å². The first-order chi connectivity index (χ1) is 15.9. The van der Waals surface area contributed by atoms with Crippen molar-refractivity contribution >= 4 is 29.4 Å². The molecule has 0 unspecified atom stereocenters. The number of ether oxygens (including phenoxy) is 2. The number of carbonyl (C=O) groups is 2. The molecule has 0 radical (unpaired) electrons. The highest BCUT2D eigenvalue weighted by molar-refractivity contribution is 5.87. The highest BCUT2D eigenvalue weighted by Crippen LogP contribution is 2.32. The van der Waals surface area contributed by atoms with Crippen LogP contribution >= 0.6 is 0 Å². The summed E-state index contributed by atoms with van der Waals surface area (Å²) in [4.78, 5) is 24.4. The highest BCUT2D eigenvalue weighted by atomic mass is 16.5. The van der Waals surface area contributed by atoms with Crippen molar-refractivity contribution in [2.24, 2.45) is 11.8 Å². The average Bonchev–Trinajstić information content (AvgIpc) is 2.81. The summed E-state index contributed by atoms with van der Waals surface area (Å²) >= 11 is 0. The fourth-order valence-electron chi connectivity index (χ4n) is 4.26. The molecule has 0 aromatic heterocycles. The van der Waals surface area contributed by atoms with Crippen LogP contribution < -0.4 is 16.2 Å². The van der Waals surface area contributed by atoms with Gasteiger partial charge in [0.2, 0.25) is 0 Å². The summed E-state index contributed by atoms with van der Waals surface area (Å²) in [6.07, 6.45) is 10.0. The largest absolute Gasteiger partial charge is 0.462 e. The van der Waals surface area contributed by atoms with E-state index in [0.29, 0.717) is 23.5 Å². The Hall–Kier alpha value is -3.28. The standard InChI is InChI=1S/C27H34N2O4/c1-2-3-19-4-9-21(10-5-19)27(31)33-24-12-6-20(7-13-24)8-15-26(30)32-17-16-22-18-23(28)11-14-25(22)29/h6-8,11-15,18-19,21H,2-5,9-10,16-17,28-29H2,1H3/b15-8+. The third-order valence-corrected chi connectivity index (χ3v) is 6.17. The normalized spacial score (nSPS) is 18.2. The van der Waals surface area contributed by atoms with Gasteiger partial charge in [-0.3, -0.25) is 4.79 Å². The molecular formula is C27H34N2O4. The van der Waals surface area contributed by atoms with Gasteiger partial charge in [-0.25, -0.2) is 4.79 Å². The number of hydrogen-bond acceptors (Lipinski definition) is 6. The summed E-state index contributed by atoms with van der Waals surface area (Å²) in [5.74, 6) is 0.696. The molecule has 6 nitrogen and oxygen atoms in total. The number of carbonyl (C=O) groups excluding carboxylic acids is 2. The van der Waals surface area contributed by atoms with E-state index in [4.69, 9.17) is 20.9 Å². The van der Waals surface area contributed by atoms with E-state index < -0.39 is 5.97 Å². The van der Waals surface area contributed by atoms with Gasteiger partial charge in [-0.05, 0) is 79.1 Å². The van der Waals surface area contributed by atoms with Crippen molar-refractivity contribution in [2.75, 3.05) is 18.1 Å². The zero-order valence-corrected chi connectivity index (χ0v) is 19.3. The third kappa shape index (κ3) is 7.67. The number of rotatable bonds is 9. The summed E-state index contributed by atoms with van der Waals surface area (Å²) in [7, 11) is 0. The van der Waals surface area contributed by atoms with Gasteiger partial charge in [0.1, 0.15) is 5.75 Å². The highest BCUT2D eigenvalue weighted by Gasteiger charge is 2.27. The minimum Gasteiger partial charge on any atom is -0.462 e. The van der Waals surface area contributed by atoms with Crippen LogP contribution in [0.3, 0.4) is 0 Å². The molecule has 2 aromatic carbocycles. The second kappa shape index (κ2) is 12.1. The van der Waals surface area contributed by atoms with E-state index >= 15 is 0 Å². The fraction of sp³-hybridized carbons (Fsp3) is 0.407. The van der Waals surface area contributed by atoms with E-state index in [1.165, 1.54) is 18.9 Å². The van der Waals surface area contributed by atoms with Gasteiger partial charge in [-0.1, -0.05) is 31.9 Å². The second-order valence-corrected chi connectivity index (χ2v) is 8.71. The molecule has 33 heavy (non-hydrogen) atoms. The summed E-state index contributed by atoms with van der Waals surface area (Å²) in [5, 5.41) is 0. The second-order valence-electron chi connectivity index (χ2n) is 8.71. The average molecular weight is 451 g/mol. The summed E-state index contributed by atoms with van der Waals surface area (Å²) in [6.45, 7) is 2.42. The molecule has 1 aliphatic rings. The van der Waals surface area contributed by atoms with Crippen LogP contribution in [-0.4, -0.2) is 18.5 Å². The Morgan fingerprint density at radius 2 is 1.76 bits per heavy atom. The fourth-order valence-corrected chi connectivity index (χ4v) is 4.26. The number of anilines is 2. The van der Waals surface area contributed by atoms with Crippen LogP contribution in [0.2, 0.25) is 0 Å². The Balaban J connectivity index is 1.41. The zero-order valence-electron chi connectivity index (χ0n) is 19.3. The maximum atomic E-state index is 12.5. The van der Waals surface area contributed by atoms with Gasteiger partial charge >= 0.3 is 11.9 Å². The SMILES string of the molecule is CCCC1CCC(C(=O)Oc2ccc(/C=C/C(=O)OCCc3cc(N)ccc3N)cc2)CC1. The van der Waals surface area contributed by atoms with Crippen molar-refractivity contribution in [3.63, 3.8) is 0 Å². The Bertz CT molecular complexity index is 961. The number of nitrogen functional groups attached to an aromatic ring is 2. The molecule has 6 heteroatoms. The molecule has 1 fully saturated rings. The smallest absolute Gasteiger partial charge is 0.330 e. The van der Waals surface area contributed by atoms with Gasteiger partial charge in [-0.2, -0.15) is 0 Å². The molecule has 0 atom stereocenters. The molecule has 176 valence electrons. The van der Waals surface area contributed by atoms with Crippen molar-refractivity contribution in [1.82, 2.24) is 0 Å². The lowest BCUT2D eigenvalue weighted by Gasteiger charge is -2.26. The number of hydrogen-bond donors (Lipinski definition) is 2. The van der Waals surface area contributed by atoms with Crippen molar-refractivity contribution in [2.45, 2.75) is 51.9 Å². The quantitative estimate of drug-likeness (QED) is 0.237. The van der Waals surface area contributed by atoms with E-state index in [2.05, 4.69) is 6.92 Å². The topological polar surface area (TPSA) is 105 Å². The third-order valence-electron chi connectivity index (χ3n) is 6.17. The van der Waals surface area contributed by atoms with E-state index in [1.54, 1.807) is 48.5 Å². The molecule has 1 aliphatic carbocycles. The lowest BCUT2D eigenvalue weighted by atomic mass is 9.80. The molecule has 0 aliphatic heterocycles. The Morgan fingerprint density at radius 3 is 2.45 bits per heavy atom. The molecule has 3 rings (SSSR count). The molecule has 1 saturated carbocycles. The zero-order chi connectivity index (χ0) is 23.6. The minimum absolute atomic E-state index is 0.00451. The summed E-state index contributed by atoms with van der Waals surface area (Å²) < 4.78 is 10.8.